The Morgan fingerprint density at radius 2 is 1.71 bits per heavy atom. The van der Waals surface area contributed by atoms with Gasteiger partial charge in [-0.2, -0.15) is 4.98 Å². The van der Waals surface area contributed by atoms with Crippen LogP contribution in [0.25, 0.3) is 0 Å². The van der Waals surface area contributed by atoms with Crippen molar-refractivity contribution in [3.8, 4) is 0 Å². The Kier molecular flexibility index (Phi) is 5.87. The number of piperazine rings is 1. The second kappa shape index (κ2) is 8.17. The van der Waals surface area contributed by atoms with Gasteiger partial charge in [0.25, 0.3) is 5.91 Å². The first-order valence-corrected chi connectivity index (χ1v) is 10.0. The molecule has 1 aliphatic rings. The van der Waals surface area contributed by atoms with Crippen LogP contribution in [0.15, 0.2) is 30.3 Å². The van der Waals surface area contributed by atoms with E-state index in [1.165, 1.54) is 5.56 Å². The summed E-state index contributed by atoms with van der Waals surface area (Å²) in [7, 11) is 0. The van der Waals surface area contributed by atoms with Crippen molar-refractivity contribution in [2.45, 2.75) is 40.0 Å². The number of carbonyl (C=O) groups is 1. The number of nitrogens with one attached hydrogen (secondary N) is 1. The van der Waals surface area contributed by atoms with Crippen molar-refractivity contribution in [3.05, 3.63) is 47.2 Å². The molecule has 0 atom stereocenters. The maximum Gasteiger partial charge on any atom is 0.253 e. The molecule has 2 aromatic rings. The number of benzene rings is 1. The lowest BCUT2D eigenvalue weighted by Crippen LogP contribution is -2.49. The minimum absolute atomic E-state index is 0.0898. The van der Waals surface area contributed by atoms with Gasteiger partial charge in [-0.1, -0.05) is 32.9 Å². The van der Waals surface area contributed by atoms with Crippen molar-refractivity contribution in [1.29, 1.82) is 0 Å². The summed E-state index contributed by atoms with van der Waals surface area (Å²) in [6, 6.07) is 9.97. The van der Waals surface area contributed by atoms with Gasteiger partial charge in [0.2, 0.25) is 5.95 Å². The molecule has 28 heavy (non-hydrogen) atoms. The zero-order chi connectivity index (χ0) is 20.3. The number of aryl methyl sites for hydroxylation is 1. The van der Waals surface area contributed by atoms with E-state index in [2.05, 4.69) is 60.0 Å². The molecule has 2 heterocycles. The highest BCUT2D eigenvalue weighted by atomic mass is 16.2. The number of rotatable bonds is 4. The molecule has 0 aliphatic carbocycles. The number of nitrogens with zero attached hydrogens (tertiary/aromatic N) is 4. The highest BCUT2D eigenvalue weighted by Crippen LogP contribution is 2.23. The van der Waals surface area contributed by atoms with Crippen molar-refractivity contribution < 1.29 is 4.79 Å². The van der Waals surface area contributed by atoms with E-state index in [1.54, 1.807) is 0 Å². The predicted molar refractivity (Wildman–Crippen MR) is 114 cm³/mol. The Labute approximate surface area is 168 Å². The summed E-state index contributed by atoms with van der Waals surface area (Å²) in [6.45, 7) is 14.2. The molecule has 0 bridgehead atoms. The fourth-order valence-electron chi connectivity index (χ4n) is 3.37. The van der Waals surface area contributed by atoms with E-state index in [9.17, 15) is 4.79 Å². The standard InChI is InChI=1S/C22H31N5O/c1-6-23-19-15-16(2)24-21(25-19)27-13-11-26(12-14-27)20(28)17-7-9-18(10-8-17)22(3,4)5/h7-10,15H,6,11-14H2,1-5H3,(H,23,24,25). The maximum absolute atomic E-state index is 12.9. The van der Waals surface area contributed by atoms with Crippen LogP contribution in [0.2, 0.25) is 0 Å². The third-order valence-electron chi connectivity index (χ3n) is 5.05. The Hall–Kier alpha value is -2.63. The second-order valence-electron chi connectivity index (χ2n) is 8.33. The zero-order valence-corrected chi connectivity index (χ0v) is 17.6. The van der Waals surface area contributed by atoms with Gasteiger partial charge in [0.05, 0.1) is 0 Å². The first-order valence-electron chi connectivity index (χ1n) is 10.0. The summed E-state index contributed by atoms with van der Waals surface area (Å²) >= 11 is 0. The van der Waals surface area contributed by atoms with E-state index in [-0.39, 0.29) is 11.3 Å². The van der Waals surface area contributed by atoms with Gasteiger partial charge >= 0.3 is 0 Å². The maximum atomic E-state index is 12.9. The molecular weight excluding hydrogens is 350 g/mol. The summed E-state index contributed by atoms with van der Waals surface area (Å²) in [5.74, 6) is 1.68. The van der Waals surface area contributed by atoms with Crippen molar-refractivity contribution in [3.63, 3.8) is 0 Å². The molecular formula is C22H31N5O. The highest BCUT2D eigenvalue weighted by molar-refractivity contribution is 5.94. The molecule has 0 spiro atoms. The molecule has 1 aromatic heterocycles. The fraction of sp³-hybridized carbons (Fsp3) is 0.500. The number of aromatic nitrogens is 2. The van der Waals surface area contributed by atoms with Crippen LogP contribution in [0.1, 0.15) is 49.3 Å². The third-order valence-corrected chi connectivity index (χ3v) is 5.05. The largest absolute Gasteiger partial charge is 0.370 e. The normalized spacial score (nSPS) is 14.9. The van der Waals surface area contributed by atoms with Crippen molar-refractivity contribution in [2.75, 3.05) is 42.9 Å². The highest BCUT2D eigenvalue weighted by Gasteiger charge is 2.24. The minimum atomic E-state index is 0.0898. The average molecular weight is 382 g/mol. The van der Waals surface area contributed by atoms with Gasteiger partial charge in [0, 0.05) is 50.0 Å². The molecule has 0 saturated carbocycles. The van der Waals surface area contributed by atoms with E-state index in [0.29, 0.717) is 13.1 Å². The molecule has 6 heteroatoms. The Balaban J connectivity index is 1.64. The lowest BCUT2D eigenvalue weighted by molar-refractivity contribution is 0.0746. The monoisotopic (exact) mass is 381 g/mol. The molecule has 1 aliphatic heterocycles. The van der Waals surface area contributed by atoms with E-state index >= 15 is 0 Å². The number of amides is 1. The number of hydrogen-bond acceptors (Lipinski definition) is 5. The Morgan fingerprint density at radius 1 is 1.07 bits per heavy atom. The lowest BCUT2D eigenvalue weighted by atomic mass is 9.86. The quantitative estimate of drug-likeness (QED) is 0.879. The first-order chi connectivity index (χ1) is 13.3. The molecule has 1 aromatic carbocycles. The van der Waals surface area contributed by atoms with E-state index in [1.807, 2.05) is 30.0 Å². The molecule has 150 valence electrons. The van der Waals surface area contributed by atoms with Crippen LogP contribution in [-0.2, 0) is 5.41 Å². The second-order valence-corrected chi connectivity index (χ2v) is 8.33. The summed E-state index contributed by atoms with van der Waals surface area (Å²) in [4.78, 5) is 26.1. The lowest BCUT2D eigenvalue weighted by Gasteiger charge is -2.35. The van der Waals surface area contributed by atoms with Gasteiger partial charge in [-0.25, -0.2) is 4.98 Å². The number of hydrogen-bond donors (Lipinski definition) is 1. The third kappa shape index (κ3) is 4.61. The topological polar surface area (TPSA) is 61.4 Å². The number of anilines is 2. The van der Waals surface area contributed by atoms with Gasteiger partial charge in [-0.05, 0) is 37.0 Å². The minimum Gasteiger partial charge on any atom is -0.370 e. The smallest absolute Gasteiger partial charge is 0.253 e. The van der Waals surface area contributed by atoms with Gasteiger partial charge in [-0.15, -0.1) is 0 Å². The summed E-state index contributed by atoms with van der Waals surface area (Å²) in [5.41, 5.74) is 3.02. The van der Waals surface area contributed by atoms with Crippen LogP contribution in [0.4, 0.5) is 11.8 Å². The predicted octanol–water partition coefficient (Wildman–Crippen LogP) is 3.48. The van der Waals surface area contributed by atoms with E-state index in [4.69, 9.17) is 0 Å². The Morgan fingerprint density at radius 3 is 2.29 bits per heavy atom. The molecule has 1 amide bonds. The molecule has 1 fully saturated rings. The molecule has 0 unspecified atom stereocenters. The average Bonchev–Trinajstić information content (AvgIpc) is 2.67. The number of carbonyl (C=O) groups excluding carboxylic acids is 1. The first kappa shape index (κ1) is 20.1. The van der Waals surface area contributed by atoms with Crippen molar-refractivity contribution >= 4 is 17.7 Å². The van der Waals surface area contributed by atoms with Crippen molar-refractivity contribution in [1.82, 2.24) is 14.9 Å². The van der Waals surface area contributed by atoms with Crippen LogP contribution in [0.5, 0.6) is 0 Å². The van der Waals surface area contributed by atoms with Crippen LogP contribution in [0.3, 0.4) is 0 Å². The summed E-state index contributed by atoms with van der Waals surface area (Å²) in [5, 5.41) is 3.25. The van der Waals surface area contributed by atoms with Crippen molar-refractivity contribution in [2.24, 2.45) is 0 Å². The van der Waals surface area contributed by atoms with Crippen LogP contribution >= 0.6 is 0 Å². The molecule has 1 N–H and O–H groups in total. The summed E-state index contributed by atoms with van der Waals surface area (Å²) in [6.07, 6.45) is 0. The van der Waals surface area contributed by atoms with Gasteiger partial charge in [0.15, 0.2) is 0 Å². The SMILES string of the molecule is CCNc1cc(C)nc(N2CCN(C(=O)c3ccc(C(C)(C)C)cc3)CC2)n1. The van der Waals surface area contributed by atoms with E-state index in [0.717, 1.165) is 42.7 Å². The van der Waals surface area contributed by atoms with Crippen LogP contribution in [-0.4, -0.2) is 53.5 Å². The van der Waals surface area contributed by atoms with Crippen LogP contribution < -0.4 is 10.2 Å². The zero-order valence-electron chi connectivity index (χ0n) is 17.6. The Bertz CT molecular complexity index is 818. The molecule has 6 nitrogen and oxygen atoms in total. The van der Waals surface area contributed by atoms with Crippen LogP contribution in [0, 0.1) is 6.92 Å². The molecule has 3 rings (SSSR count). The van der Waals surface area contributed by atoms with Gasteiger partial charge < -0.3 is 15.1 Å². The fourth-order valence-corrected chi connectivity index (χ4v) is 3.37. The van der Waals surface area contributed by atoms with Gasteiger partial charge in [-0.3, -0.25) is 4.79 Å². The molecule has 0 radical (unpaired) electrons. The molecule has 1 saturated heterocycles. The van der Waals surface area contributed by atoms with E-state index < -0.39 is 0 Å². The van der Waals surface area contributed by atoms with Gasteiger partial charge in [0.1, 0.15) is 5.82 Å². The summed E-state index contributed by atoms with van der Waals surface area (Å²) < 4.78 is 0.